The van der Waals surface area contributed by atoms with E-state index in [1.54, 1.807) is 24.3 Å². The largest absolute Gasteiger partial charge is 0.419 e. The fourth-order valence-corrected chi connectivity index (χ4v) is 5.91. The highest BCUT2D eigenvalue weighted by Gasteiger charge is 2.33. The van der Waals surface area contributed by atoms with Crippen LogP contribution in [-0.4, -0.2) is 39.6 Å². The van der Waals surface area contributed by atoms with Crippen LogP contribution in [0.25, 0.3) is 11.5 Å². The van der Waals surface area contributed by atoms with E-state index in [0.717, 1.165) is 21.3 Å². The third-order valence-corrected chi connectivity index (χ3v) is 8.39. The third kappa shape index (κ3) is 4.96. The number of hydrogen-bond acceptors (Lipinski definition) is 6. The standard InChI is InChI=1S/C26H23BrClN3O3S/c1-18-4-2-5-19(16-18)24-29-25(35(32,33)23-10-8-20(27)9-11-23)26(34-24)31-14-12-30(13-15-31)22-7-3-6-21(28)17-22/h2-11,16-17H,12-15H2,1H3. The molecule has 35 heavy (non-hydrogen) atoms. The maximum Gasteiger partial charge on any atom is 0.236 e. The summed E-state index contributed by atoms with van der Waals surface area (Å²) < 4.78 is 34.3. The third-order valence-electron chi connectivity index (χ3n) is 5.96. The van der Waals surface area contributed by atoms with Crippen LogP contribution in [0.2, 0.25) is 5.02 Å². The number of rotatable bonds is 5. The number of benzene rings is 3. The topological polar surface area (TPSA) is 66.7 Å². The van der Waals surface area contributed by atoms with Crippen molar-refractivity contribution in [2.75, 3.05) is 36.0 Å². The minimum atomic E-state index is -3.90. The van der Waals surface area contributed by atoms with Crippen molar-refractivity contribution >= 4 is 48.9 Å². The van der Waals surface area contributed by atoms with E-state index < -0.39 is 9.84 Å². The minimum absolute atomic E-state index is 0.0625. The maximum atomic E-state index is 13.7. The molecule has 0 aliphatic carbocycles. The zero-order valence-electron chi connectivity index (χ0n) is 19.0. The summed E-state index contributed by atoms with van der Waals surface area (Å²) in [6, 6.07) is 22.0. The summed E-state index contributed by atoms with van der Waals surface area (Å²) in [5, 5.41) is 0.623. The van der Waals surface area contributed by atoms with Gasteiger partial charge in [-0.05, 0) is 61.5 Å². The Kier molecular flexibility index (Phi) is 6.61. The Hall–Kier alpha value is -2.81. The lowest BCUT2D eigenvalue weighted by molar-refractivity contribution is 0.525. The summed E-state index contributed by atoms with van der Waals surface area (Å²) in [6.45, 7) is 4.52. The molecular weight excluding hydrogens is 550 g/mol. The molecule has 5 rings (SSSR count). The molecule has 2 heterocycles. The second kappa shape index (κ2) is 9.68. The summed E-state index contributed by atoms with van der Waals surface area (Å²) in [7, 11) is -3.90. The highest BCUT2D eigenvalue weighted by Crippen LogP contribution is 2.36. The Labute approximate surface area is 218 Å². The molecule has 3 aromatic carbocycles. The first-order chi connectivity index (χ1) is 16.8. The average Bonchev–Trinajstić information content (AvgIpc) is 3.31. The van der Waals surface area contributed by atoms with Crippen LogP contribution in [0.4, 0.5) is 11.6 Å². The Morgan fingerprint density at radius 2 is 1.60 bits per heavy atom. The molecule has 180 valence electrons. The van der Waals surface area contributed by atoms with Gasteiger partial charge in [-0.3, -0.25) is 0 Å². The molecule has 0 saturated carbocycles. The second-order valence-electron chi connectivity index (χ2n) is 8.41. The van der Waals surface area contributed by atoms with Crippen LogP contribution in [0.5, 0.6) is 0 Å². The number of oxazole rings is 1. The van der Waals surface area contributed by atoms with Gasteiger partial charge in [-0.15, -0.1) is 0 Å². The van der Waals surface area contributed by atoms with Gasteiger partial charge in [-0.2, -0.15) is 4.98 Å². The minimum Gasteiger partial charge on any atom is -0.419 e. The monoisotopic (exact) mass is 571 g/mol. The normalized spacial score (nSPS) is 14.4. The summed E-state index contributed by atoms with van der Waals surface area (Å²) >= 11 is 9.54. The number of anilines is 2. The first-order valence-electron chi connectivity index (χ1n) is 11.2. The molecular formula is C26H23BrClN3O3S. The van der Waals surface area contributed by atoms with E-state index >= 15 is 0 Å². The smallest absolute Gasteiger partial charge is 0.236 e. The lowest BCUT2D eigenvalue weighted by atomic mass is 10.1. The molecule has 6 nitrogen and oxygen atoms in total. The summed E-state index contributed by atoms with van der Waals surface area (Å²) in [5.74, 6) is 0.562. The number of aryl methyl sites for hydroxylation is 1. The summed E-state index contributed by atoms with van der Waals surface area (Å²) in [5.41, 5.74) is 2.81. The Morgan fingerprint density at radius 1 is 0.914 bits per heavy atom. The zero-order valence-corrected chi connectivity index (χ0v) is 22.1. The van der Waals surface area contributed by atoms with Gasteiger partial charge in [0.2, 0.25) is 26.6 Å². The number of halogens is 2. The lowest BCUT2D eigenvalue weighted by Crippen LogP contribution is -2.46. The van der Waals surface area contributed by atoms with Crippen molar-refractivity contribution in [3.05, 3.63) is 87.9 Å². The molecule has 1 aliphatic rings. The van der Waals surface area contributed by atoms with Crippen molar-refractivity contribution in [3.8, 4) is 11.5 Å². The van der Waals surface area contributed by atoms with Crippen LogP contribution < -0.4 is 9.80 Å². The number of hydrogen-bond donors (Lipinski definition) is 0. The molecule has 0 radical (unpaired) electrons. The molecule has 0 atom stereocenters. The lowest BCUT2D eigenvalue weighted by Gasteiger charge is -2.36. The van der Waals surface area contributed by atoms with E-state index in [1.807, 2.05) is 60.4 Å². The predicted molar refractivity (Wildman–Crippen MR) is 142 cm³/mol. The summed E-state index contributed by atoms with van der Waals surface area (Å²) in [6.07, 6.45) is 0. The van der Waals surface area contributed by atoms with Gasteiger partial charge in [0.1, 0.15) is 0 Å². The molecule has 0 amide bonds. The van der Waals surface area contributed by atoms with E-state index in [-0.39, 0.29) is 21.7 Å². The van der Waals surface area contributed by atoms with E-state index in [9.17, 15) is 8.42 Å². The van der Waals surface area contributed by atoms with Gasteiger partial charge in [0.05, 0.1) is 4.90 Å². The average molecular weight is 573 g/mol. The van der Waals surface area contributed by atoms with Gasteiger partial charge in [0, 0.05) is 46.9 Å². The van der Waals surface area contributed by atoms with Crippen LogP contribution in [0, 0.1) is 6.92 Å². The fraction of sp³-hybridized carbons (Fsp3) is 0.192. The number of sulfone groups is 1. The van der Waals surface area contributed by atoms with Gasteiger partial charge >= 0.3 is 0 Å². The summed E-state index contributed by atoms with van der Waals surface area (Å²) in [4.78, 5) is 8.87. The van der Waals surface area contributed by atoms with Crippen molar-refractivity contribution in [2.45, 2.75) is 16.8 Å². The Balaban J connectivity index is 1.51. The van der Waals surface area contributed by atoms with Gasteiger partial charge in [-0.1, -0.05) is 51.3 Å². The molecule has 0 unspecified atom stereocenters. The highest BCUT2D eigenvalue weighted by atomic mass is 79.9. The second-order valence-corrected chi connectivity index (χ2v) is 11.6. The zero-order chi connectivity index (χ0) is 24.6. The van der Waals surface area contributed by atoms with Crippen molar-refractivity contribution in [1.82, 2.24) is 4.98 Å². The van der Waals surface area contributed by atoms with Crippen molar-refractivity contribution in [3.63, 3.8) is 0 Å². The van der Waals surface area contributed by atoms with Crippen molar-refractivity contribution < 1.29 is 12.8 Å². The van der Waals surface area contributed by atoms with E-state index in [1.165, 1.54) is 0 Å². The molecule has 1 aromatic heterocycles. The van der Waals surface area contributed by atoms with Crippen LogP contribution >= 0.6 is 27.5 Å². The van der Waals surface area contributed by atoms with Gasteiger partial charge < -0.3 is 14.2 Å². The van der Waals surface area contributed by atoms with E-state index in [0.29, 0.717) is 31.2 Å². The van der Waals surface area contributed by atoms with Crippen LogP contribution in [0.15, 0.2) is 91.6 Å². The molecule has 0 spiro atoms. The molecule has 1 saturated heterocycles. The molecule has 0 N–H and O–H groups in total. The number of aromatic nitrogens is 1. The van der Waals surface area contributed by atoms with Gasteiger partial charge in [0.15, 0.2) is 0 Å². The number of nitrogens with zero attached hydrogens (tertiary/aromatic N) is 3. The molecule has 1 aliphatic heterocycles. The highest BCUT2D eigenvalue weighted by molar-refractivity contribution is 9.10. The van der Waals surface area contributed by atoms with Gasteiger partial charge in [0.25, 0.3) is 0 Å². The van der Waals surface area contributed by atoms with Crippen molar-refractivity contribution in [1.29, 1.82) is 0 Å². The van der Waals surface area contributed by atoms with Gasteiger partial charge in [-0.25, -0.2) is 8.42 Å². The first kappa shape index (κ1) is 23.9. The van der Waals surface area contributed by atoms with E-state index in [2.05, 4.69) is 25.8 Å². The predicted octanol–water partition coefficient (Wildman–Crippen LogP) is 6.23. The van der Waals surface area contributed by atoms with Crippen LogP contribution in [0.1, 0.15) is 5.56 Å². The first-order valence-corrected chi connectivity index (χ1v) is 13.8. The number of piperazine rings is 1. The Bertz CT molecular complexity index is 1460. The molecule has 9 heteroatoms. The maximum absolute atomic E-state index is 13.7. The fourth-order valence-electron chi connectivity index (χ4n) is 4.14. The SMILES string of the molecule is Cc1cccc(-c2nc(S(=O)(=O)c3ccc(Br)cc3)c(N3CCN(c4cccc(Cl)c4)CC3)o2)c1. The van der Waals surface area contributed by atoms with Crippen molar-refractivity contribution in [2.24, 2.45) is 0 Å². The molecule has 4 aromatic rings. The quantitative estimate of drug-likeness (QED) is 0.283. The van der Waals surface area contributed by atoms with E-state index in [4.69, 9.17) is 16.0 Å². The van der Waals surface area contributed by atoms with Crippen LogP contribution in [0.3, 0.4) is 0 Å². The molecule has 0 bridgehead atoms. The molecule has 1 fully saturated rings. The Morgan fingerprint density at radius 3 is 2.29 bits per heavy atom. The van der Waals surface area contributed by atoms with Crippen LogP contribution in [-0.2, 0) is 9.84 Å².